The molecule has 0 atom stereocenters. The zero-order valence-corrected chi connectivity index (χ0v) is 20.7. The van der Waals surface area contributed by atoms with Crippen molar-refractivity contribution in [2.24, 2.45) is 0 Å². The Balaban J connectivity index is 1.64. The Morgan fingerprint density at radius 2 is 1.69 bits per heavy atom. The summed E-state index contributed by atoms with van der Waals surface area (Å²) in [6, 6.07) is 15.1. The number of ether oxygens (including phenoxy) is 3. The molecule has 0 bridgehead atoms. The van der Waals surface area contributed by atoms with Crippen LogP contribution in [0, 0.1) is 10.1 Å². The molecule has 1 fully saturated rings. The number of nitro groups is 1. The number of hydrogen-bond acceptors (Lipinski definition) is 9. The number of non-ortho nitro benzene ring substituents is 1. The molecule has 0 radical (unpaired) electrons. The summed E-state index contributed by atoms with van der Waals surface area (Å²) in [5.41, 5.74) is 0.926. The Kier molecular flexibility index (Phi) is 7.66. The van der Waals surface area contributed by atoms with E-state index in [9.17, 15) is 29.3 Å². The molecule has 1 N–H and O–H groups in total. The highest BCUT2D eigenvalue weighted by molar-refractivity contribution is 6.39. The van der Waals surface area contributed by atoms with E-state index < -0.39 is 28.7 Å². The van der Waals surface area contributed by atoms with Crippen molar-refractivity contribution in [3.63, 3.8) is 0 Å². The van der Waals surface area contributed by atoms with Gasteiger partial charge in [-0.25, -0.2) is 14.5 Å². The van der Waals surface area contributed by atoms with Gasteiger partial charge in [-0.05, 0) is 60.2 Å². The SMILES string of the molecule is COC(=O)c1ccc(N2C(=O)NC(=O)/C(=C\c3ccc(OC)cc3OCc3ccc([N+](=O)[O-])cc3)C2=O)cc1. The molecule has 4 amide bonds. The molecule has 3 aromatic rings. The maximum atomic E-state index is 13.3. The Labute approximate surface area is 221 Å². The van der Waals surface area contributed by atoms with E-state index in [0.29, 0.717) is 16.9 Å². The van der Waals surface area contributed by atoms with E-state index in [1.54, 1.807) is 30.3 Å². The highest BCUT2D eigenvalue weighted by atomic mass is 16.6. The van der Waals surface area contributed by atoms with Crippen LogP contribution in [0.4, 0.5) is 16.2 Å². The van der Waals surface area contributed by atoms with E-state index in [0.717, 1.165) is 4.90 Å². The molecule has 1 aliphatic rings. The number of benzene rings is 3. The quantitative estimate of drug-likeness (QED) is 0.151. The number of methoxy groups -OCH3 is 2. The number of hydrogen-bond donors (Lipinski definition) is 1. The van der Waals surface area contributed by atoms with Gasteiger partial charge in [0.15, 0.2) is 0 Å². The fourth-order valence-corrected chi connectivity index (χ4v) is 3.67. The van der Waals surface area contributed by atoms with Gasteiger partial charge in [0.05, 0.1) is 30.4 Å². The van der Waals surface area contributed by atoms with E-state index in [2.05, 4.69) is 10.1 Å². The zero-order chi connectivity index (χ0) is 28.1. The summed E-state index contributed by atoms with van der Waals surface area (Å²) in [7, 11) is 2.68. The maximum Gasteiger partial charge on any atom is 0.337 e. The van der Waals surface area contributed by atoms with E-state index in [4.69, 9.17) is 9.47 Å². The number of amides is 4. The number of barbiturate groups is 1. The van der Waals surface area contributed by atoms with E-state index >= 15 is 0 Å². The molecule has 0 unspecified atom stereocenters. The Hall–Kier alpha value is -5.52. The third-order valence-electron chi connectivity index (χ3n) is 5.71. The first-order chi connectivity index (χ1) is 18.7. The molecule has 0 spiro atoms. The largest absolute Gasteiger partial charge is 0.497 e. The standard InChI is InChI=1S/C27H21N3O9/c1-37-21-12-7-18(23(14-21)39-15-16-3-8-20(9-4-16)30(35)36)13-22-24(31)28-27(34)29(25(22)32)19-10-5-17(6-11-19)26(33)38-2/h3-14H,15H2,1-2H3,(H,28,31,34)/b22-13+. The lowest BCUT2D eigenvalue weighted by molar-refractivity contribution is -0.384. The van der Waals surface area contributed by atoms with Crippen LogP contribution >= 0.6 is 0 Å². The van der Waals surface area contributed by atoms with Gasteiger partial charge in [0, 0.05) is 23.8 Å². The van der Waals surface area contributed by atoms with Crippen molar-refractivity contribution in [1.82, 2.24) is 5.32 Å². The predicted octanol–water partition coefficient (Wildman–Crippen LogP) is 3.64. The third kappa shape index (κ3) is 5.74. The fourth-order valence-electron chi connectivity index (χ4n) is 3.67. The summed E-state index contributed by atoms with van der Waals surface area (Å²) in [6.07, 6.45) is 1.28. The van der Waals surface area contributed by atoms with Crippen LogP contribution in [0.5, 0.6) is 11.5 Å². The first-order valence-electron chi connectivity index (χ1n) is 11.4. The molecule has 12 nitrogen and oxygen atoms in total. The van der Waals surface area contributed by atoms with Gasteiger partial charge in [0.1, 0.15) is 23.7 Å². The van der Waals surface area contributed by atoms with Gasteiger partial charge >= 0.3 is 12.0 Å². The van der Waals surface area contributed by atoms with Gasteiger partial charge in [-0.15, -0.1) is 0 Å². The Morgan fingerprint density at radius 1 is 1.00 bits per heavy atom. The monoisotopic (exact) mass is 531 g/mol. The molecular formula is C27H21N3O9. The minimum atomic E-state index is -0.947. The Morgan fingerprint density at radius 3 is 2.31 bits per heavy atom. The van der Waals surface area contributed by atoms with Crippen LogP contribution in [0.15, 0.2) is 72.3 Å². The van der Waals surface area contributed by atoms with Gasteiger partial charge in [-0.3, -0.25) is 25.0 Å². The van der Waals surface area contributed by atoms with Crippen LogP contribution in [-0.4, -0.2) is 43.0 Å². The van der Waals surface area contributed by atoms with Crippen molar-refractivity contribution in [2.45, 2.75) is 6.61 Å². The highest BCUT2D eigenvalue weighted by Gasteiger charge is 2.37. The van der Waals surface area contributed by atoms with Crippen LogP contribution in [0.2, 0.25) is 0 Å². The van der Waals surface area contributed by atoms with Gasteiger partial charge in [0.25, 0.3) is 17.5 Å². The van der Waals surface area contributed by atoms with Crippen molar-refractivity contribution in [3.8, 4) is 11.5 Å². The van der Waals surface area contributed by atoms with Crippen LogP contribution in [0.1, 0.15) is 21.5 Å². The minimum Gasteiger partial charge on any atom is -0.497 e. The average Bonchev–Trinajstić information content (AvgIpc) is 2.94. The third-order valence-corrected chi connectivity index (χ3v) is 5.71. The van der Waals surface area contributed by atoms with Crippen molar-refractivity contribution in [2.75, 3.05) is 19.1 Å². The summed E-state index contributed by atoms with van der Waals surface area (Å²) < 4.78 is 15.8. The maximum absolute atomic E-state index is 13.3. The van der Waals surface area contributed by atoms with Crippen molar-refractivity contribution >= 4 is 41.3 Å². The second kappa shape index (κ2) is 11.3. The molecule has 198 valence electrons. The van der Waals surface area contributed by atoms with E-state index in [1.165, 1.54) is 56.7 Å². The lowest BCUT2D eigenvalue weighted by atomic mass is 10.1. The van der Waals surface area contributed by atoms with Crippen molar-refractivity contribution in [1.29, 1.82) is 0 Å². The second-order valence-electron chi connectivity index (χ2n) is 8.11. The first-order valence-corrected chi connectivity index (χ1v) is 11.4. The number of rotatable bonds is 8. The molecule has 12 heteroatoms. The van der Waals surface area contributed by atoms with Gasteiger partial charge in [0.2, 0.25) is 0 Å². The van der Waals surface area contributed by atoms with Gasteiger partial charge in [-0.1, -0.05) is 0 Å². The Bertz CT molecular complexity index is 1500. The summed E-state index contributed by atoms with van der Waals surface area (Å²) in [6.45, 7) is 0.0264. The summed E-state index contributed by atoms with van der Waals surface area (Å²) in [5, 5.41) is 13.0. The van der Waals surface area contributed by atoms with Gasteiger partial charge in [-0.2, -0.15) is 0 Å². The fraction of sp³-hybridized carbons (Fsp3) is 0.111. The number of urea groups is 1. The number of anilines is 1. The molecule has 4 rings (SSSR count). The van der Waals surface area contributed by atoms with Crippen molar-refractivity contribution in [3.05, 3.63) is 99.1 Å². The lowest BCUT2D eigenvalue weighted by Crippen LogP contribution is -2.54. The van der Waals surface area contributed by atoms with Crippen LogP contribution < -0.4 is 19.7 Å². The van der Waals surface area contributed by atoms with Crippen molar-refractivity contribution < 1.29 is 38.3 Å². The van der Waals surface area contributed by atoms with Crippen LogP contribution in [0.3, 0.4) is 0 Å². The molecule has 39 heavy (non-hydrogen) atoms. The second-order valence-corrected chi connectivity index (χ2v) is 8.11. The number of carbonyl (C=O) groups excluding carboxylic acids is 4. The smallest absolute Gasteiger partial charge is 0.337 e. The average molecular weight is 531 g/mol. The minimum absolute atomic E-state index is 0.0264. The number of imide groups is 2. The highest BCUT2D eigenvalue weighted by Crippen LogP contribution is 2.30. The molecule has 1 saturated heterocycles. The number of nitrogens with zero attached hydrogens (tertiary/aromatic N) is 2. The molecular weight excluding hydrogens is 510 g/mol. The van der Waals surface area contributed by atoms with Crippen LogP contribution in [-0.2, 0) is 20.9 Å². The molecule has 0 aromatic heterocycles. The van der Waals surface area contributed by atoms with E-state index in [-0.39, 0.29) is 34.9 Å². The van der Waals surface area contributed by atoms with E-state index in [1.807, 2.05) is 0 Å². The number of nitrogens with one attached hydrogen (secondary N) is 1. The van der Waals surface area contributed by atoms with Crippen LogP contribution in [0.25, 0.3) is 6.08 Å². The first kappa shape index (κ1) is 26.5. The lowest BCUT2D eigenvalue weighted by Gasteiger charge is -2.26. The van der Waals surface area contributed by atoms with Gasteiger partial charge < -0.3 is 14.2 Å². The number of esters is 1. The molecule has 1 aliphatic heterocycles. The normalized spacial score (nSPS) is 14.2. The summed E-state index contributed by atoms with van der Waals surface area (Å²) in [4.78, 5) is 61.3. The summed E-state index contributed by atoms with van der Waals surface area (Å²) >= 11 is 0. The number of carbonyl (C=O) groups is 4. The summed E-state index contributed by atoms with van der Waals surface area (Å²) in [5.74, 6) is -1.67. The topological polar surface area (TPSA) is 154 Å². The molecule has 1 heterocycles. The number of nitro benzene ring substituents is 1. The molecule has 3 aromatic carbocycles. The zero-order valence-electron chi connectivity index (χ0n) is 20.7. The predicted molar refractivity (Wildman–Crippen MR) is 137 cm³/mol. The molecule has 0 aliphatic carbocycles. The molecule has 0 saturated carbocycles.